The number of benzene rings is 2. The molecule has 2 aromatic rings. The van der Waals surface area contributed by atoms with Crippen molar-refractivity contribution in [2.75, 3.05) is 16.7 Å². The van der Waals surface area contributed by atoms with Gasteiger partial charge in [0.05, 0.1) is 17.7 Å². The number of esters is 1. The van der Waals surface area contributed by atoms with Gasteiger partial charge in [-0.1, -0.05) is 17.7 Å². The number of carbonyl (C=O) groups excluding carboxylic acids is 2. The van der Waals surface area contributed by atoms with E-state index in [2.05, 4.69) is 5.32 Å². The van der Waals surface area contributed by atoms with Crippen molar-refractivity contribution < 1.29 is 27.5 Å². The Morgan fingerprint density at radius 3 is 2.03 bits per heavy atom. The quantitative estimate of drug-likeness (QED) is 0.668. The molecule has 31 heavy (non-hydrogen) atoms. The van der Waals surface area contributed by atoms with Crippen LogP contribution in [0.1, 0.15) is 33.3 Å². The smallest absolute Gasteiger partial charge is 0.412 e. The molecule has 0 heterocycles. The number of ether oxygens (including phenoxy) is 2. The first kappa shape index (κ1) is 24.2. The molecule has 168 valence electrons. The van der Waals surface area contributed by atoms with Gasteiger partial charge in [-0.15, -0.1) is 0 Å². The van der Waals surface area contributed by atoms with Crippen LogP contribution in [0.5, 0.6) is 0 Å². The molecule has 0 saturated carbocycles. The fourth-order valence-corrected chi connectivity index (χ4v) is 4.38. The zero-order valence-corrected chi connectivity index (χ0v) is 19.3. The topological polar surface area (TPSA) is 102 Å². The number of nitrogens with zero attached hydrogens (tertiary/aromatic N) is 1. The fraction of sp³-hybridized carbons (Fsp3) is 0.364. The van der Waals surface area contributed by atoms with Crippen LogP contribution in [-0.2, 0) is 24.3 Å². The molecule has 0 saturated heterocycles. The van der Waals surface area contributed by atoms with Gasteiger partial charge in [-0.3, -0.25) is 9.62 Å². The van der Waals surface area contributed by atoms with E-state index in [0.29, 0.717) is 5.69 Å². The molecule has 0 unspecified atom stereocenters. The monoisotopic (exact) mass is 448 g/mol. The van der Waals surface area contributed by atoms with E-state index in [1.807, 2.05) is 6.92 Å². The fourth-order valence-electron chi connectivity index (χ4n) is 2.77. The molecular formula is C22H28N2O6S. The summed E-state index contributed by atoms with van der Waals surface area (Å²) in [7, 11) is -2.87. The largest absolute Gasteiger partial charge is 0.467 e. The first-order valence-corrected chi connectivity index (χ1v) is 11.1. The summed E-state index contributed by atoms with van der Waals surface area (Å²) in [6.07, 6.45) is -0.632. The van der Waals surface area contributed by atoms with Crippen LogP contribution < -0.4 is 9.62 Å². The normalized spacial score (nSPS) is 12.6. The Morgan fingerprint density at radius 2 is 1.55 bits per heavy atom. The van der Waals surface area contributed by atoms with Gasteiger partial charge < -0.3 is 9.47 Å². The standard InChI is InChI=1S/C22H28N2O6S/c1-15-7-13-19(14-8-15)31(27,28)24(16(2)20(25)29-6)18-11-9-17(10-12-18)23-21(26)30-22(3,4)5/h7-14,16H,1-6H3,(H,23,26)/t16-/m0/s1. The number of aryl methyl sites for hydroxylation is 1. The highest BCUT2D eigenvalue weighted by Crippen LogP contribution is 2.28. The van der Waals surface area contributed by atoms with Crippen LogP contribution in [0.4, 0.5) is 16.2 Å². The third-order valence-corrected chi connectivity index (χ3v) is 6.15. The van der Waals surface area contributed by atoms with Gasteiger partial charge in [0.2, 0.25) is 0 Å². The Morgan fingerprint density at radius 1 is 1.00 bits per heavy atom. The second-order valence-electron chi connectivity index (χ2n) is 7.99. The molecule has 0 aliphatic heterocycles. The summed E-state index contributed by atoms with van der Waals surface area (Å²) < 4.78 is 37.7. The molecule has 0 bridgehead atoms. The van der Waals surface area contributed by atoms with E-state index >= 15 is 0 Å². The van der Waals surface area contributed by atoms with E-state index in [9.17, 15) is 18.0 Å². The second kappa shape index (κ2) is 9.38. The van der Waals surface area contributed by atoms with E-state index in [1.165, 1.54) is 50.4 Å². The predicted octanol–water partition coefficient (Wildman–Crippen LogP) is 4.10. The van der Waals surface area contributed by atoms with Gasteiger partial charge in [-0.05, 0) is 71.0 Å². The van der Waals surface area contributed by atoms with Crippen LogP contribution in [0.25, 0.3) is 0 Å². The maximum Gasteiger partial charge on any atom is 0.412 e. The molecule has 0 fully saturated rings. The van der Waals surface area contributed by atoms with Gasteiger partial charge in [0, 0.05) is 5.69 Å². The van der Waals surface area contributed by atoms with Gasteiger partial charge in [-0.2, -0.15) is 0 Å². The minimum atomic E-state index is -4.06. The molecule has 0 spiro atoms. The van der Waals surface area contributed by atoms with Crippen LogP contribution in [0.2, 0.25) is 0 Å². The van der Waals surface area contributed by atoms with Gasteiger partial charge >= 0.3 is 12.1 Å². The highest BCUT2D eigenvalue weighted by Gasteiger charge is 2.34. The van der Waals surface area contributed by atoms with Crippen molar-refractivity contribution in [3.05, 3.63) is 54.1 Å². The van der Waals surface area contributed by atoms with Crippen molar-refractivity contribution in [3.8, 4) is 0 Å². The molecular weight excluding hydrogens is 420 g/mol. The van der Waals surface area contributed by atoms with Crippen LogP contribution in [0.3, 0.4) is 0 Å². The molecule has 0 aliphatic carbocycles. The molecule has 1 N–H and O–H groups in total. The molecule has 0 aliphatic rings. The minimum Gasteiger partial charge on any atom is -0.467 e. The molecule has 0 aromatic heterocycles. The summed E-state index contributed by atoms with van der Waals surface area (Å²) in [6.45, 7) is 8.54. The lowest BCUT2D eigenvalue weighted by molar-refractivity contribution is -0.141. The number of sulfonamides is 1. The van der Waals surface area contributed by atoms with Crippen molar-refractivity contribution >= 4 is 33.5 Å². The Hall–Kier alpha value is -3.07. The summed E-state index contributed by atoms with van der Waals surface area (Å²) in [5.74, 6) is -0.702. The maximum absolute atomic E-state index is 13.4. The lowest BCUT2D eigenvalue weighted by Gasteiger charge is -2.29. The Kier molecular flexibility index (Phi) is 7.32. The Balaban J connectivity index is 2.40. The van der Waals surface area contributed by atoms with Crippen molar-refractivity contribution in [3.63, 3.8) is 0 Å². The Labute approximate surface area is 183 Å². The van der Waals surface area contributed by atoms with E-state index in [4.69, 9.17) is 9.47 Å². The lowest BCUT2D eigenvalue weighted by atomic mass is 10.2. The zero-order chi connectivity index (χ0) is 23.4. The van der Waals surface area contributed by atoms with Crippen LogP contribution in [-0.4, -0.2) is 39.2 Å². The van der Waals surface area contributed by atoms with Crippen LogP contribution in [0, 0.1) is 6.92 Å². The molecule has 2 rings (SSSR count). The molecule has 9 heteroatoms. The number of anilines is 2. The summed E-state index contributed by atoms with van der Waals surface area (Å²) in [5.41, 5.74) is 0.910. The van der Waals surface area contributed by atoms with E-state index < -0.39 is 33.7 Å². The lowest BCUT2D eigenvalue weighted by Crippen LogP contribution is -2.44. The number of amides is 1. The number of methoxy groups -OCH3 is 1. The van der Waals surface area contributed by atoms with Gasteiger partial charge in [0.15, 0.2) is 0 Å². The van der Waals surface area contributed by atoms with Gasteiger partial charge in [0.25, 0.3) is 10.0 Å². The average Bonchev–Trinajstić information content (AvgIpc) is 2.67. The predicted molar refractivity (Wildman–Crippen MR) is 119 cm³/mol. The maximum atomic E-state index is 13.4. The van der Waals surface area contributed by atoms with Crippen molar-refractivity contribution in [1.29, 1.82) is 0 Å². The summed E-state index contributed by atoms with van der Waals surface area (Å²) in [4.78, 5) is 24.2. The van der Waals surface area contributed by atoms with E-state index in [-0.39, 0.29) is 10.6 Å². The van der Waals surface area contributed by atoms with Crippen LogP contribution >= 0.6 is 0 Å². The van der Waals surface area contributed by atoms with Gasteiger partial charge in [-0.25, -0.2) is 18.0 Å². The number of nitrogens with one attached hydrogen (secondary N) is 1. The summed E-state index contributed by atoms with van der Waals surface area (Å²) in [6, 6.07) is 11.3. The first-order chi connectivity index (χ1) is 14.3. The van der Waals surface area contributed by atoms with Crippen molar-refractivity contribution in [2.24, 2.45) is 0 Å². The third-order valence-electron chi connectivity index (χ3n) is 4.24. The highest BCUT2D eigenvalue weighted by atomic mass is 32.2. The molecule has 1 amide bonds. The average molecular weight is 449 g/mol. The zero-order valence-electron chi connectivity index (χ0n) is 18.5. The molecule has 8 nitrogen and oxygen atoms in total. The number of carbonyl (C=O) groups is 2. The van der Waals surface area contributed by atoms with E-state index in [1.54, 1.807) is 32.9 Å². The van der Waals surface area contributed by atoms with Crippen molar-refractivity contribution in [2.45, 2.75) is 51.2 Å². The third kappa shape index (κ3) is 6.21. The SMILES string of the molecule is COC(=O)[C@H](C)N(c1ccc(NC(=O)OC(C)(C)C)cc1)S(=O)(=O)c1ccc(C)cc1. The minimum absolute atomic E-state index is 0.0461. The molecule has 2 aromatic carbocycles. The number of hydrogen-bond donors (Lipinski definition) is 1. The number of hydrogen-bond acceptors (Lipinski definition) is 6. The van der Waals surface area contributed by atoms with E-state index in [0.717, 1.165) is 9.87 Å². The Bertz CT molecular complexity index is 1030. The highest BCUT2D eigenvalue weighted by molar-refractivity contribution is 7.92. The first-order valence-electron chi connectivity index (χ1n) is 9.64. The summed E-state index contributed by atoms with van der Waals surface area (Å²) >= 11 is 0. The molecule has 0 radical (unpaired) electrons. The number of rotatable bonds is 6. The second-order valence-corrected chi connectivity index (χ2v) is 9.80. The van der Waals surface area contributed by atoms with Crippen molar-refractivity contribution in [1.82, 2.24) is 0 Å². The molecule has 1 atom stereocenters. The van der Waals surface area contributed by atoms with Gasteiger partial charge in [0.1, 0.15) is 11.6 Å². The van der Waals surface area contributed by atoms with Crippen LogP contribution in [0.15, 0.2) is 53.4 Å². The summed E-state index contributed by atoms with van der Waals surface area (Å²) in [5, 5.41) is 2.58.